The van der Waals surface area contributed by atoms with E-state index in [9.17, 15) is 10.2 Å². The van der Waals surface area contributed by atoms with Crippen molar-refractivity contribution < 1.29 is 29.2 Å². The van der Waals surface area contributed by atoms with Gasteiger partial charge in [-0.15, -0.1) is 0 Å². The number of hydrogen-bond donors (Lipinski definition) is 2. The molecule has 6 bridgehead atoms. The van der Waals surface area contributed by atoms with Gasteiger partial charge in [0, 0.05) is 53.5 Å². The van der Waals surface area contributed by atoms with Crippen LogP contribution in [0, 0.1) is 0 Å². The molecule has 4 aliphatic heterocycles. The number of methoxy groups -OCH3 is 3. The fourth-order valence-electron chi connectivity index (χ4n) is 6.84. The molecular weight excluding hydrogens is 556 g/mol. The lowest BCUT2D eigenvalue weighted by Crippen LogP contribution is -2.34. The molecule has 8 heteroatoms. The van der Waals surface area contributed by atoms with E-state index in [4.69, 9.17) is 23.9 Å². The van der Waals surface area contributed by atoms with Crippen molar-refractivity contribution in [2.75, 3.05) is 41.5 Å². The minimum atomic E-state index is -0.103. The molecule has 226 valence electrons. The summed E-state index contributed by atoms with van der Waals surface area (Å²) in [5.74, 6) is 2.66. The van der Waals surface area contributed by atoms with Crippen molar-refractivity contribution in [1.29, 1.82) is 0 Å². The first kappa shape index (κ1) is 28.1. The number of benzene rings is 4. The Balaban J connectivity index is 1.50. The molecule has 44 heavy (non-hydrogen) atoms. The first-order chi connectivity index (χ1) is 21.4. The van der Waals surface area contributed by atoms with E-state index in [1.54, 1.807) is 27.4 Å². The lowest BCUT2D eigenvalue weighted by Gasteiger charge is -2.36. The summed E-state index contributed by atoms with van der Waals surface area (Å²) < 4.78 is 24.1. The number of rotatable bonds is 3. The van der Waals surface area contributed by atoms with Gasteiger partial charge in [-0.25, -0.2) is 0 Å². The van der Waals surface area contributed by atoms with Crippen molar-refractivity contribution >= 4 is 5.71 Å². The normalized spacial score (nSPS) is 17.2. The molecule has 4 aromatic rings. The number of nitrogens with zero attached hydrogens (tertiary/aromatic N) is 2. The standard InChI is InChI=1S/C36H36N2O6/c1-38-12-10-23-18-33(43-4)35(40)36-34(23)28(38)15-21-5-7-24(30(16-21)41-2)26-13-20(6-8-29(26)39)14-27-25-19-32(44-36)31(42-3)17-22(25)9-11-37-27/h5-8,13,16-19,28,39-40H,9-12,14-15H2,1-4H3/t28-/m1/s1. The Kier molecular flexibility index (Phi) is 7.09. The Morgan fingerprint density at radius 3 is 2.36 bits per heavy atom. The van der Waals surface area contributed by atoms with E-state index in [0.29, 0.717) is 53.7 Å². The van der Waals surface area contributed by atoms with Gasteiger partial charge in [-0.05, 0) is 85.0 Å². The highest BCUT2D eigenvalue weighted by molar-refractivity contribution is 6.04. The van der Waals surface area contributed by atoms with Crippen LogP contribution in [0.3, 0.4) is 0 Å². The molecule has 8 nitrogen and oxygen atoms in total. The van der Waals surface area contributed by atoms with Crippen LogP contribution in [0.15, 0.2) is 59.6 Å². The van der Waals surface area contributed by atoms with Gasteiger partial charge in [-0.2, -0.15) is 0 Å². The SMILES string of the molecule is COc1cc2c3cc1Oc1c(O)c(OC)cc4c1[C@@H](Cc1ccc(c(OC)c1)-c1cc(ccc1O)CC3=NCC2)N(C)CC4. The Bertz CT molecular complexity index is 1810. The maximum Gasteiger partial charge on any atom is 0.201 e. The molecule has 0 amide bonds. The second kappa shape index (κ2) is 11.1. The highest BCUT2D eigenvalue weighted by Crippen LogP contribution is 2.51. The fraction of sp³-hybridized carbons (Fsp3) is 0.306. The van der Waals surface area contributed by atoms with E-state index in [-0.39, 0.29) is 17.5 Å². The molecule has 0 saturated carbocycles. The maximum absolute atomic E-state index is 11.6. The van der Waals surface area contributed by atoms with E-state index in [1.807, 2.05) is 42.5 Å². The van der Waals surface area contributed by atoms with Gasteiger partial charge in [0.15, 0.2) is 23.0 Å². The van der Waals surface area contributed by atoms with E-state index in [2.05, 4.69) is 18.0 Å². The van der Waals surface area contributed by atoms with Gasteiger partial charge in [0.1, 0.15) is 11.5 Å². The van der Waals surface area contributed by atoms with Crippen molar-refractivity contribution in [3.8, 4) is 51.4 Å². The van der Waals surface area contributed by atoms with Crippen LogP contribution in [0.5, 0.6) is 40.2 Å². The van der Waals surface area contributed by atoms with Crippen LogP contribution in [0.4, 0.5) is 0 Å². The van der Waals surface area contributed by atoms with E-state index in [1.165, 1.54) is 0 Å². The Morgan fingerprint density at radius 2 is 1.57 bits per heavy atom. The van der Waals surface area contributed by atoms with Crippen molar-refractivity contribution in [2.45, 2.75) is 31.7 Å². The van der Waals surface area contributed by atoms with Gasteiger partial charge in [0.05, 0.1) is 21.3 Å². The number of phenolic OH excluding ortho intramolecular Hbond substituents is 2. The van der Waals surface area contributed by atoms with Crippen molar-refractivity contribution in [3.05, 3.63) is 88.0 Å². The summed E-state index contributed by atoms with van der Waals surface area (Å²) in [4.78, 5) is 7.22. The minimum absolute atomic E-state index is 0.0439. The molecule has 8 rings (SSSR count). The van der Waals surface area contributed by atoms with Gasteiger partial charge >= 0.3 is 0 Å². The number of hydrogen-bond acceptors (Lipinski definition) is 8. The van der Waals surface area contributed by atoms with Crippen LogP contribution in [0.2, 0.25) is 0 Å². The van der Waals surface area contributed by atoms with Crippen LogP contribution in [0.1, 0.15) is 39.4 Å². The van der Waals surface area contributed by atoms with Gasteiger partial charge < -0.3 is 29.2 Å². The molecule has 0 fully saturated rings. The molecule has 0 unspecified atom stereocenters. The molecule has 0 aromatic heterocycles. The van der Waals surface area contributed by atoms with Gasteiger partial charge in [-0.1, -0.05) is 18.2 Å². The number of aliphatic imine (C=N–C) groups is 1. The molecule has 0 aliphatic carbocycles. The summed E-state index contributed by atoms with van der Waals surface area (Å²) in [5, 5.41) is 22.5. The van der Waals surface area contributed by atoms with E-state index in [0.717, 1.165) is 64.0 Å². The summed E-state index contributed by atoms with van der Waals surface area (Å²) in [6.45, 7) is 1.51. The van der Waals surface area contributed by atoms with Crippen LogP contribution in [-0.2, 0) is 25.7 Å². The highest BCUT2D eigenvalue weighted by atomic mass is 16.5. The summed E-state index contributed by atoms with van der Waals surface area (Å²) in [5.41, 5.74) is 8.63. The summed E-state index contributed by atoms with van der Waals surface area (Å²) in [7, 11) is 6.94. The van der Waals surface area contributed by atoms with Gasteiger partial charge in [-0.3, -0.25) is 9.89 Å². The van der Waals surface area contributed by atoms with Crippen LogP contribution in [0.25, 0.3) is 11.1 Å². The molecule has 1 atom stereocenters. The Morgan fingerprint density at radius 1 is 0.795 bits per heavy atom. The third-order valence-corrected chi connectivity index (χ3v) is 9.18. The fourth-order valence-corrected chi connectivity index (χ4v) is 6.84. The van der Waals surface area contributed by atoms with Crippen molar-refractivity contribution in [3.63, 3.8) is 0 Å². The molecule has 2 N–H and O–H groups in total. The minimum Gasteiger partial charge on any atom is -0.507 e. The Labute approximate surface area is 257 Å². The predicted octanol–water partition coefficient (Wildman–Crippen LogP) is 6.26. The van der Waals surface area contributed by atoms with E-state index < -0.39 is 0 Å². The second-order valence-corrected chi connectivity index (χ2v) is 11.7. The third-order valence-electron chi connectivity index (χ3n) is 9.18. The Hall–Kier alpha value is -4.69. The summed E-state index contributed by atoms with van der Waals surface area (Å²) in [6.07, 6.45) is 2.78. The topological polar surface area (TPSA) is 93.0 Å². The lowest BCUT2D eigenvalue weighted by molar-refractivity contribution is 0.221. The van der Waals surface area contributed by atoms with Crippen molar-refractivity contribution in [2.24, 2.45) is 4.99 Å². The quantitative estimate of drug-likeness (QED) is 0.290. The van der Waals surface area contributed by atoms with Crippen LogP contribution in [-0.4, -0.2) is 62.3 Å². The van der Waals surface area contributed by atoms with Gasteiger partial charge in [0.2, 0.25) is 5.75 Å². The zero-order valence-electron chi connectivity index (χ0n) is 25.4. The average Bonchev–Trinajstić information content (AvgIpc) is 3.04. The number of phenols is 2. The number of ether oxygens (including phenoxy) is 4. The first-order valence-electron chi connectivity index (χ1n) is 14.9. The van der Waals surface area contributed by atoms with Crippen molar-refractivity contribution in [1.82, 2.24) is 4.90 Å². The van der Waals surface area contributed by atoms with Crippen LogP contribution < -0.4 is 18.9 Å². The molecule has 0 radical (unpaired) electrons. The molecule has 4 aromatic carbocycles. The van der Waals surface area contributed by atoms with Gasteiger partial charge in [0.25, 0.3) is 0 Å². The number of fused-ring (bicyclic) bond motifs is 2. The maximum atomic E-state index is 11.6. The molecule has 4 heterocycles. The summed E-state index contributed by atoms with van der Waals surface area (Å²) in [6, 6.07) is 17.7. The molecule has 0 spiro atoms. The second-order valence-electron chi connectivity index (χ2n) is 11.7. The first-order valence-corrected chi connectivity index (χ1v) is 14.9. The largest absolute Gasteiger partial charge is 0.507 e. The molecule has 0 saturated heterocycles. The molecule has 4 aliphatic rings. The lowest BCUT2D eigenvalue weighted by atomic mass is 9.87. The monoisotopic (exact) mass is 592 g/mol. The molecular formula is C36H36N2O6. The number of likely N-dealkylation sites (N-methyl/N-ethyl adjacent to an activating group) is 1. The number of aromatic hydroxyl groups is 2. The highest BCUT2D eigenvalue weighted by Gasteiger charge is 2.33. The predicted molar refractivity (Wildman–Crippen MR) is 169 cm³/mol. The zero-order chi connectivity index (χ0) is 30.5. The smallest absolute Gasteiger partial charge is 0.201 e. The average molecular weight is 593 g/mol. The zero-order valence-corrected chi connectivity index (χ0v) is 25.4. The van der Waals surface area contributed by atoms with Crippen LogP contribution >= 0.6 is 0 Å². The van der Waals surface area contributed by atoms with E-state index >= 15 is 0 Å². The third kappa shape index (κ3) is 4.70. The summed E-state index contributed by atoms with van der Waals surface area (Å²) >= 11 is 0.